The molecule has 0 unspecified atom stereocenters. The summed E-state index contributed by atoms with van der Waals surface area (Å²) < 4.78 is 0. The maximum absolute atomic E-state index is 12.1. The SMILES string of the molecule is CC(=O)N1CCN(C(=O)Nc2ccccc2C(=O)O)CC1. The van der Waals surface area contributed by atoms with Gasteiger partial charge in [0.1, 0.15) is 0 Å². The van der Waals surface area contributed by atoms with E-state index in [1.54, 1.807) is 28.0 Å². The quantitative estimate of drug-likeness (QED) is 0.853. The van der Waals surface area contributed by atoms with Crippen molar-refractivity contribution in [1.29, 1.82) is 0 Å². The highest BCUT2D eigenvalue weighted by Crippen LogP contribution is 2.16. The number of aromatic carboxylic acids is 1. The molecule has 3 amide bonds. The standard InChI is InChI=1S/C14H17N3O4/c1-10(18)16-6-8-17(9-7-16)14(21)15-12-5-3-2-4-11(12)13(19)20/h2-5H,6-9H2,1H3,(H,15,21)(H,19,20). The van der Waals surface area contributed by atoms with Crippen molar-refractivity contribution >= 4 is 23.6 Å². The monoisotopic (exact) mass is 291 g/mol. The molecule has 1 heterocycles. The number of carboxylic acids is 1. The summed E-state index contributed by atoms with van der Waals surface area (Å²) in [5, 5.41) is 11.7. The molecule has 1 aromatic rings. The van der Waals surface area contributed by atoms with Crippen molar-refractivity contribution in [2.24, 2.45) is 0 Å². The van der Waals surface area contributed by atoms with Crippen LogP contribution in [0, 0.1) is 0 Å². The Morgan fingerprint density at radius 1 is 1.05 bits per heavy atom. The summed E-state index contributed by atoms with van der Waals surface area (Å²) in [5.74, 6) is -1.10. The molecule has 0 aromatic heterocycles. The van der Waals surface area contributed by atoms with Crippen molar-refractivity contribution in [3.05, 3.63) is 29.8 Å². The van der Waals surface area contributed by atoms with Crippen LogP contribution in [-0.4, -0.2) is 59.0 Å². The van der Waals surface area contributed by atoms with E-state index in [0.29, 0.717) is 26.2 Å². The Balaban J connectivity index is 2.00. The minimum absolute atomic E-state index is 0.00807. The van der Waals surface area contributed by atoms with Crippen molar-refractivity contribution in [3.8, 4) is 0 Å². The molecular weight excluding hydrogens is 274 g/mol. The van der Waals surface area contributed by atoms with E-state index in [1.165, 1.54) is 13.0 Å². The van der Waals surface area contributed by atoms with Crippen LogP contribution in [0.4, 0.5) is 10.5 Å². The first kappa shape index (κ1) is 14.8. The van der Waals surface area contributed by atoms with E-state index in [0.717, 1.165) is 0 Å². The Morgan fingerprint density at radius 2 is 1.62 bits per heavy atom. The van der Waals surface area contributed by atoms with E-state index in [1.807, 2.05) is 0 Å². The van der Waals surface area contributed by atoms with Crippen molar-refractivity contribution in [2.45, 2.75) is 6.92 Å². The highest BCUT2D eigenvalue weighted by molar-refractivity contribution is 6.00. The van der Waals surface area contributed by atoms with Crippen molar-refractivity contribution in [2.75, 3.05) is 31.5 Å². The highest BCUT2D eigenvalue weighted by atomic mass is 16.4. The Morgan fingerprint density at radius 3 is 2.19 bits per heavy atom. The van der Waals surface area contributed by atoms with Gasteiger partial charge in [0.2, 0.25) is 5.91 Å². The van der Waals surface area contributed by atoms with E-state index in [4.69, 9.17) is 5.11 Å². The molecule has 0 bridgehead atoms. The molecule has 7 heteroatoms. The Hall–Kier alpha value is -2.57. The second kappa shape index (κ2) is 6.25. The lowest BCUT2D eigenvalue weighted by Gasteiger charge is -2.34. The number of rotatable bonds is 2. The second-order valence-electron chi connectivity index (χ2n) is 4.77. The van der Waals surface area contributed by atoms with Crippen LogP contribution in [-0.2, 0) is 4.79 Å². The van der Waals surface area contributed by atoms with Crippen LogP contribution < -0.4 is 5.32 Å². The van der Waals surface area contributed by atoms with Crippen LogP contribution in [0.25, 0.3) is 0 Å². The summed E-state index contributed by atoms with van der Waals surface area (Å²) in [6.07, 6.45) is 0. The van der Waals surface area contributed by atoms with E-state index in [9.17, 15) is 14.4 Å². The topological polar surface area (TPSA) is 90.0 Å². The smallest absolute Gasteiger partial charge is 0.337 e. The number of nitrogens with one attached hydrogen (secondary N) is 1. The van der Waals surface area contributed by atoms with Crippen LogP contribution in [0.1, 0.15) is 17.3 Å². The van der Waals surface area contributed by atoms with Gasteiger partial charge in [0.25, 0.3) is 0 Å². The van der Waals surface area contributed by atoms with Gasteiger partial charge in [0, 0.05) is 33.1 Å². The summed E-state index contributed by atoms with van der Waals surface area (Å²) >= 11 is 0. The van der Waals surface area contributed by atoms with Gasteiger partial charge in [-0.1, -0.05) is 12.1 Å². The largest absolute Gasteiger partial charge is 0.478 e. The number of urea groups is 1. The van der Waals surface area contributed by atoms with E-state index < -0.39 is 5.97 Å². The number of benzene rings is 1. The second-order valence-corrected chi connectivity index (χ2v) is 4.77. The lowest BCUT2D eigenvalue weighted by atomic mass is 10.2. The molecule has 1 aliphatic heterocycles. The van der Waals surface area contributed by atoms with Gasteiger partial charge in [0.05, 0.1) is 11.3 Å². The predicted octanol–water partition coefficient (Wildman–Crippen LogP) is 1.08. The summed E-state index contributed by atoms with van der Waals surface area (Å²) in [5.41, 5.74) is 0.317. The van der Waals surface area contributed by atoms with E-state index >= 15 is 0 Å². The fourth-order valence-corrected chi connectivity index (χ4v) is 2.20. The van der Waals surface area contributed by atoms with Gasteiger partial charge in [-0.25, -0.2) is 9.59 Å². The van der Waals surface area contributed by atoms with Crippen LogP contribution in [0.3, 0.4) is 0 Å². The Labute approximate surface area is 122 Å². The van der Waals surface area contributed by atoms with Crippen LogP contribution in [0.2, 0.25) is 0 Å². The molecule has 2 N–H and O–H groups in total. The van der Waals surface area contributed by atoms with Crippen molar-refractivity contribution in [3.63, 3.8) is 0 Å². The van der Waals surface area contributed by atoms with Gasteiger partial charge in [-0.2, -0.15) is 0 Å². The molecule has 21 heavy (non-hydrogen) atoms. The number of anilines is 1. The number of carboxylic acid groups (broad SMARTS) is 1. The number of para-hydroxylation sites is 1. The molecule has 112 valence electrons. The number of hydrogen-bond donors (Lipinski definition) is 2. The molecule has 1 saturated heterocycles. The number of nitrogens with zero attached hydrogens (tertiary/aromatic N) is 2. The lowest BCUT2D eigenvalue weighted by Crippen LogP contribution is -2.51. The molecule has 0 radical (unpaired) electrons. The fraction of sp³-hybridized carbons (Fsp3) is 0.357. The molecule has 0 spiro atoms. The van der Waals surface area contributed by atoms with E-state index in [-0.39, 0.29) is 23.2 Å². The number of piperazine rings is 1. The average molecular weight is 291 g/mol. The van der Waals surface area contributed by atoms with Gasteiger partial charge in [0.15, 0.2) is 0 Å². The first-order valence-electron chi connectivity index (χ1n) is 6.63. The van der Waals surface area contributed by atoms with Crippen LogP contribution >= 0.6 is 0 Å². The third kappa shape index (κ3) is 3.50. The summed E-state index contributed by atoms with van der Waals surface area (Å²) in [6.45, 7) is 3.34. The summed E-state index contributed by atoms with van der Waals surface area (Å²) in [4.78, 5) is 37.7. The first-order chi connectivity index (χ1) is 9.99. The normalized spacial score (nSPS) is 14.7. The molecule has 2 rings (SSSR count). The minimum Gasteiger partial charge on any atom is -0.478 e. The molecule has 1 aromatic carbocycles. The molecule has 1 aliphatic rings. The lowest BCUT2D eigenvalue weighted by molar-refractivity contribution is -0.130. The molecule has 7 nitrogen and oxygen atoms in total. The third-order valence-electron chi connectivity index (χ3n) is 3.41. The van der Waals surface area contributed by atoms with Gasteiger partial charge < -0.3 is 20.2 Å². The van der Waals surface area contributed by atoms with Gasteiger partial charge in [-0.05, 0) is 12.1 Å². The highest BCUT2D eigenvalue weighted by Gasteiger charge is 2.23. The molecule has 0 atom stereocenters. The van der Waals surface area contributed by atoms with E-state index in [2.05, 4.69) is 5.32 Å². The Bertz CT molecular complexity index is 565. The van der Waals surface area contributed by atoms with Crippen LogP contribution in [0.5, 0.6) is 0 Å². The summed E-state index contributed by atoms with van der Waals surface area (Å²) in [6, 6.07) is 5.89. The Kier molecular flexibility index (Phi) is 4.42. The van der Waals surface area contributed by atoms with Crippen molar-refractivity contribution in [1.82, 2.24) is 9.80 Å². The first-order valence-corrected chi connectivity index (χ1v) is 6.63. The van der Waals surface area contributed by atoms with Crippen LogP contribution in [0.15, 0.2) is 24.3 Å². The number of carbonyl (C=O) groups is 3. The van der Waals surface area contributed by atoms with Gasteiger partial charge in [-0.15, -0.1) is 0 Å². The molecule has 0 aliphatic carbocycles. The average Bonchev–Trinajstić information content (AvgIpc) is 2.47. The molecule has 1 fully saturated rings. The number of carbonyl (C=O) groups excluding carboxylic acids is 2. The minimum atomic E-state index is -1.09. The zero-order chi connectivity index (χ0) is 15.4. The number of hydrogen-bond acceptors (Lipinski definition) is 3. The maximum Gasteiger partial charge on any atom is 0.337 e. The summed E-state index contributed by atoms with van der Waals surface area (Å²) in [7, 11) is 0. The van der Waals surface area contributed by atoms with Crippen molar-refractivity contribution < 1.29 is 19.5 Å². The molecular formula is C14H17N3O4. The zero-order valence-electron chi connectivity index (χ0n) is 11.7. The van der Waals surface area contributed by atoms with Gasteiger partial charge >= 0.3 is 12.0 Å². The third-order valence-corrected chi connectivity index (χ3v) is 3.41. The maximum atomic E-state index is 12.1. The molecule has 0 saturated carbocycles. The fourth-order valence-electron chi connectivity index (χ4n) is 2.20. The zero-order valence-corrected chi connectivity index (χ0v) is 11.7. The predicted molar refractivity (Wildman–Crippen MR) is 76.2 cm³/mol. The van der Waals surface area contributed by atoms with Gasteiger partial charge in [-0.3, -0.25) is 4.79 Å². The number of amides is 3.